The third-order valence-electron chi connectivity index (χ3n) is 3.41. The Balaban J connectivity index is 2.27. The van der Waals surface area contributed by atoms with Crippen molar-refractivity contribution in [3.05, 3.63) is 29.6 Å². The first kappa shape index (κ1) is 13.6. The molecule has 0 spiro atoms. The van der Waals surface area contributed by atoms with Crippen LogP contribution in [0.25, 0.3) is 0 Å². The van der Waals surface area contributed by atoms with Crippen molar-refractivity contribution in [2.24, 2.45) is 0 Å². The molecule has 0 aromatic heterocycles. The topological polar surface area (TPSA) is 12.5 Å². The van der Waals surface area contributed by atoms with Crippen LogP contribution >= 0.6 is 11.6 Å². The predicted octanol–water partition coefficient (Wildman–Crippen LogP) is 3.57. The second kappa shape index (κ2) is 5.89. The fourth-order valence-corrected chi connectivity index (χ4v) is 2.51. The van der Waals surface area contributed by atoms with Crippen LogP contribution in [-0.2, 0) is 10.6 Å². The van der Waals surface area contributed by atoms with E-state index in [-0.39, 0.29) is 18.0 Å². The number of halogens is 2. The van der Waals surface area contributed by atoms with Gasteiger partial charge in [-0.15, -0.1) is 11.6 Å². The van der Waals surface area contributed by atoms with Gasteiger partial charge in [0.2, 0.25) is 0 Å². The number of benzene rings is 1. The largest absolute Gasteiger partial charge is 0.375 e. The fraction of sp³-hybridized carbons (Fsp3) is 0.571. The van der Waals surface area contributed by atoms with Gasteiger partial charge in [-0.3, -0.25) is 0 Å². The number of anilines is 1. The second-order valence-corrected chi connectivity index (χ2v) is 5.05. The smallest absolute Gasteiger partial charge is 0.146 e. The van der Waals surface area contributed by atoms with Gasteiger partial charge in [0.05, 0.1) is 24.4 Å². The maximum Gasteiger partial charge on any atom is 0.146 e. The molecule has 0 amide bonds. The fourth-order valence-electron chi connectivity index (χ4n) is 2.34. The maximum absolute atomic E-state index is 14.1. The van der Waals surface area contributed by atoms with E-state index < -0.39 is 0 Å². The quantitative estimate of drug-likeness (QED) is 0.780. The molecule has 0 bridgehead atoms. The molecule has 4 heteroatoms. The van der Waals surface area contributed by atoms with Crippen LogP contribution in [0.2, 0.25) is 0 Å². The van der Waals surface area contributed by atoms with Gasteiger partial charge >= 0.3 is 0 Å². The highest BCUT2D eigenvalue weighted by Gasteiger charge is 2.27. The normalized spacial score (nSPS) is 24.3. The molecule has 18 heavy (non-hydrogen) atoms. The summed E-state index contributed by atoms with van der Waals surface area (Å²) in [5, 5.41) is 0. The monoisotopic (exact) mass is 271 g/mol. The van der Waals surface area contributed by atoms with E-state index in [1.165, 1.54) is 6.07 Å². The van der Waals surface area contributed by atoms with Crippen LogP contribution in [0.4, 0.5) is 10.1 Å². The van der Waals surface area contributed by atoms with Crippen molar-refractivity contribution in [2.45, 2.75) is 38.3 Å². The SMILES string of the molecule is CCC1COC(C)CN1c1ccc(CCl)cc1F. The lowest BCUT2D eigenvalue weighted by Gasteiger charge is -2.40. The number of morpholine rings is 1. The lowest BCUT2D eigenvalue weighted by molar-refractivity contribution is 0.0297. The van der Waals surface area contributed by atoms with Crippen LogP contribution in [0.15, 0.2) is 18.2 Å². The van der Waals surface area contributed by atoms with Crippen LogP contribution in [0.1, 0.15) is 25.8 Å². The van der Waals surface area contributed by atoms with E-state index in [2.05, 4.69) is 11.8 Å². The Kier molecular flexibility index (Phi) is 4.46. The average Bonchev–Trinajstić information content (AvgIpc) is 2.38. The Morgan fingerprint density at radius 3 is 2.89 bits per heavy atom. The van der Waals surface area contributed by atoms with Crippen LogP contribution in [0.3, 0.4) is 0 Å². The van der Waals surface area contributed by atoms with E-state index in [4.69, 9.17) is 16.3 Å². The van der Waals surface area contributed by atoms with Crippen molar-refractivity contribution in [2.75, 3.05) is 18.1 Å². The Bertz CT molecular complexity index is 413. The maximum atomic E-state index is 14.1. The second-order valence-electron chi connectivity index (χ2n) is 4.78. The van der Waals surface area contributed by atoms with Crippen LogP contribution < -0.4 is 4.90 Å². The minimum atomic E-state index is -0.194. The zero-order valence-electron chi connectivity index (χ0n) is 10.8. The zero-order chi connectivity index (χ0) is 13.1. The summed E-state index contributed by atoms with van der Waals surface area (Å²) < 4.78 is 19.7. The molecular weight excluding hydrogens is 253 g/mol. The Morgan fingerprint density at radius 1 is 1.50 bits per heavy atom. The van der Waals surface area contributed by atoms with Gasteiger partial charge in [-0.25, -0.2) is 4.39 Å². The number of alkyl halides is 1. The highest BCUT2D eigenvalue weighted by Crippen LogP contribution is 2.27. The van der Waals surface area contributed by atoms with Gasteiger partial charge in [0.1, 0.15) is 5.82 Å². The van der Waals surface area contributed by atoms with Gasteiger partial charge in [0, 0.05) is 12.4 Å². The molecule has 100 valence electrons. The highest BCUT2D eigenvalue weighted by atomic mass is 35.5. The first-order chi connectivity index (χ1) is 8.65. The number of hydrogen-bond donors (Lipinski definition) is 0. The summed E-state index contributed by atoms with van der Waals surface area (Å²) >= 11 is 5.72. The summed E-state index contributed by atoms with van der Waals surface area (Å²) in [7, 11) is 0. The number of ether oxygens (including phenoxy) is 1. The van der Waals surface area contributed by atoms with E-state index in [1.54, 1.807) is 0 Å². The summed E-state index contributed by atoms with van der Waals surface area (Å²) in [4.78, 5) is 2.11. The summed E-state index contributed by atoms with van der Waals surface area (Å²) in [5.41, 5.74) is 1.47. The zero-order valence-corrected chi connectivity index (χ0v) is 11.6. The van der Waals surface area contributed by atoms with Gasteiger partial charge in [0.25, 0.3) is 0 Å². The molecule has 0 N–H and O–H groups in total. The molecule has 0 aliphatic carbocycles. The number of hydrogen-bond acceptors (Lipinski definition) is 2. The number of nitrogens with zero attached hydrogens (tertiary/aromatic N) is 1. The summed E-state index contributed by atoms with van der Waals surface area (Å²) in [6, 6.07) is 5.49. The Morgan fingerprint density at radius 2 is 2.28 bits per heavy atom. The van der Waals surface area contributed by atoms with Crippen LogP contribution in [0, 0.1) is 5.82 Å². The molecule has 1 aromatic rings. The summed E-state index contributed by atoms with van der Waals surface area (Å²) in [6.45, 7) is 5.51. The van der Waals surface area contributed by atoms with E-state index in [9.17, 15) is 4.39 Å². The molecule has 1 aromatic carbocycles. The van der Waals surface area contributed by atoms with E-state index in [0.717, 1.165) is 18.5 Å². The van der Waals surface area contributed by atoms with Gasteiger partial charge < -0.3 is 9.64 Å². The van der Waals surface area contributed by atoms with Gasteiger partial charge in [-0.2, -0.15) is 0 Å². The van der Waals surface area contributed by atoms with E-state index in [0.29, 0.717) is 18.2 Å². The lowest BCUT2D eigenvalue weighted by atomic mass is 10.1. The third-order valence-corrected chi connectivity index (χ3v) is 3.72. The van der Waals surface area contributed by atoms with E-state index >= 15 is 0 Å². The van der Waals surface area contributed by atoms with Gasteiger partial charge in [0.15, 0.2) is 0 Å². The van der Waals surface area contributed by atoms with Crippen LogP contribution in [-0.4, -0.2) is 25.3 Å². The first-order valence-corrected chi connectivity index (χ1v) is 6.91. The van der Waals surface area contributed by atoms with Crippen LogP contribution in [0.5, 0.6) is 0 Å². The van der Waals surface area contributed by atoms with E-state index in [1.807, 2.05) is 19.1 Å². The van der Waals surface area contributed by atoms with Crippen molar-refractivity contribution < 1.29 is 9.13 Å². The molecule has 1 saturated heterocycles. The Hall–Kier alpha value is -0.800. The molecule has 2 nitrogen and oxygen atoms in total. The summed E-state index contributed by atoms with van der Waals surface area (Å²) in [5.74, 6) is 0.147. The molecule has 2 rings (SSSR count). The molecule has 2 unspecified atom stereocenters. The molecule has 1 aliphatic rings. The molecule has 0 saturated carbocycles. The molecule has 1 fully saturated rings. The van der Waals surface area contributed by atoms with Crippen molar-refractivity contribution in [3.8, 4) is 0 Å². The lowest BCUT2D eigenvalue weighted by Crippen LogP contribution is -2.49. The standard InChI is InChI=1S/C14H19ClFNO/c1-3-12-9-18-10(2)8-17(12)14-5-4-11(7-15)6-13(14)16/h4-6,10,12H,3,7-9H2,1-2H3. The highest BCUT2D eigenvalue weighted by molar-refractivity contribution is 6.17. The van der Waals surface area contributed by atoms with Gasteiger partial charge in [-0.1, -0.05) is 13.0 Å². The number of rotatable bonds is 3. The molecule has 1 aliphatic heterocycles. The van der Waals surface area contributed by atoms with Crippen molar-refractivity contribution >= 4 is 17.3 Å². The van der Waals surface area contributed by atoms with Gasteiger partial charge in [-0.05, 0) is 31.0 Å². The van der Waals surface area contributed by atoms with Crippen molar-refractivity contribution in [3.63, 3.8) is 0 Å². The third kappa shape index (κ3) is 2.78. The Labute approximate surface area is 113 Å². The molecule has 2 atom stereocenters. The first-order valence-electron chi connectivity index (χ1n) is 6.38. The average molecular weight is 272 g/mol. The predicted molar refractivity (Wildman–Crippen MR) is 72.8 cm³/mol. The minimum absolute atomic E-state index is 0.139. The molecular formula is C14H19ClFNO. The molecule has 0 radical (unpaired) electrons. The minimum Gasteiger partial charge on any atom is -0.375 e. The summed E-state index contributed by atoms with van der Waals surface area (Å²) in [6.07, 6.45) is 1.09. The molecule has 1 heterocycles. The van der Waals surface area contributed by atoms with Crippen molar-refractivity contribution in [1.29, 1.82) is 0 Å². The van der Waals surface area contributed by atoms with Crippen molar-refractivity contribution in [1.82, 2.24) is 0 Å².